The highest BCUT2D eigenvalue weighted by Gasteiger charge is 2.15. The molecule has 0 aliphatic rings. The average molecular weight is 306 g/mol. The number of rotatable bonds is 5. The first-order valence-electron chi connectivity index (χ1n) is 6.40. The SMILES string of the molecule is COC(=O)c1c(N)cccc1COCc1ccccc1Cl. The van der Waals surface area contributed by atoms with Gasteiger partial charge in [-0.3, -0.25) is 0 Å². The van der Waals surface area contributed by atoms with Crippen LogP contribution in [-0.4, -0.2) is 13.1 Å². The zero-order chi connectivity index (χ0) is 15.2. The molecule has 2 aromatic rings. The highest BCUT2D eigenvalue weighted by molar-refractivity contribution is 6.31. The van der Waals surface area contributed by atoms with E-state index in [0.29, 0.717) is 28.4 Å². The van der Waals surface area contributed by atoms with Crippen LogP contribution in [0.4, 0.5) is 5.69 Å². The monoisotopic (exact) mass is 305 g/mol. The molecule has 21 heavy (non-hydrogen) atoms. The Morgan fingerprint density at radius 3 is 2.48 bits per heavy atom. The minimum absolute atomic E-state index is 0.251. The Kier molecular flexibility index (Phi) is 5.20. The molecule has 0 saturated heterocycles. The van der Waals surface area contributed by atoms with E-state index in [1.807, 2.05) is 18.2 Å². The number of ether oxygens (including phenoxy) is 2. The normalized spacial score (nSPS) is 10.4. The maximum Gasteiger partial charge on any atom is 0.340 e. The highest BCUT2D eigenvalue weighted by Crippen LogP contribution is 2.21. The van der Waals surface area contributed by atoms with E-state index >= 15 is 0 Å². The molecule has 0 bridgehead atoms. The number of hydrogen-bond donors (Lipinski definition) is 1. The smallest absolute Gasteiger partial charge is 0.340 e. The number of benzene rings is 2. The summed E-state index contributed by atoms with van der Waals surface area (Å²) in [6.07, 6.45) is 0. The number of anilines is 1. The molecule has 0 spiro atoms. The largest absolute Gasteiger partial charge is 0.465 e. The van der Waals surface area contributed by atoms with Gasteiger partial charge in [0.1, 0.15) is 0 Å². The first kappa shape index (κ1) is 15.4. The zero-order valence-electron chi connectivity index (χ0n) is 11.6. The lowest BCUT2D eigenvalue weighted by molar-refractivity contribution is 0.0591. The van der Waals surface area contributed by atoms with Crippen LogP contribution in [0.3, 0.4) is 0 Å². The van der Waals surface area contributed by atoms with E-state index in [1.54, 1.807) is 24.3 Å². The van der Waals surface area contributed by atoms with Gasteiger partial charge in [-0.05, 0) is 23.3 Å². The molecule has 2 aromatic carbocycles. The lowest BCUT2D eigenvalue weighted by Gasteiger charge is -2.11. The van der Waals surface area contributed by atoms with Crippen LogP contribution in [0.2, 0.25) is 5.02 Å². The molecule has 0 heterocycles. The number of methoxy groups -OCH3 is 1. The zero-order valence-corrected chi connectivity index (χ0v) is 12.4. The number of nitrogens with two attached hydrogens (primary N) is 1. The van der Waals surface area contributed by atoms with Gasteiger partial charge in [-0.1, -0.05) is 41.9 Å². The van der Waals surface area contributed by atoms with Gasteiger partial charge in [-0.15, -0.1) is 0 Å². The summed E-state index contributed by atoms with van der Waals surface area (Å²) in [6, 6.07) is 12.7. The van der Waals surface area contributed by atoms with Crippen molar-refractivity contribution < 1.29 is 14.3 Å². The Morgan fingerprint density at radius 1 is 1.10 bits per heavy atom. The van der Waals surface area contributed by atoms with Crippen molar-refractivity contribution in [3.05, 3.63) is 64.2 Å². The summed E-state index contributed by atoms with van der Waals surface area (Å²) in [5.74, 6) is -0.468. The van der Waals surface area contributed by atoms with E-state index in [4.69, 9.17) is 26.8 Å². The predicted octanol–water partition coefficient (Wildman–Crippen LogP) is 3.43. The Hall–Kier alpha value is -2.04. The molecule has 0 aliphatic heterocycles. The van der Waals surface area contributed by atoms with Crippen molar-refractivity contribution in [2.45, 2.75) is 13.2 Å². The van der Waals surface area contributed by atoms with Gasteiger partial charge in [0, 0.05) is 10.7 Å². The molecule has 4 nitrogen and oxygen atoms in total. The van der Waals surface area contributed by atoms with Crippen LogP contribution in [0, 0.1) is 0 Å². The lowest BCUT2D eigenvalue weighted by Crippen LogP contribution is -2.10. The highest BCUT2D eigenvalue weighted by atomic mass is 35.5. The number of carbonyl (C=O) groups is 1. The quantitative estimate of drug-likeness (QED) is 0.679. The second kappa shape index (κ2) is 7.11. The fourth-order valence-electron chi connectivity index (χ4n) is 1.98. The molecular weight excluding hydrogens is 290 g/mol. The second-order valence-corrected chi connectivity index (χ2v) is 4.86. The fourth-order valence-corrected chi connectivity index (χ4v) is 2.17. The van der Waals surface area contributed by atoms with Crippen LogP contribution >= 0.6 is 11.6 Å². The first-order chi connectivity index (χ1) is 10.1. The average Bonchev–Trinajstić information content (AvgIpc) is 2.48. The minimum atomic E-state index is -0.468. The second-order valence-electron chi connectivity index (χ2n) is 4.46. The van der Waals surface area contributed by atoms with Crippen molar-refractivity contribution in [3.8, 4) is 0 Å². The Balaban J connectivity index is 2.09. The summed E-state index contributed by atoms with van der Waals surface area (Å²) in [6.45, 7) is 0.607. The number of hydrogen-bond acceptors (Lipinski definition) is 4. The standard InChI is InChI=1S/C16H16ClNO3/c1-20-16(19)15-12(6-4-8-14(15)18)10-21-9-11-5-2-3-7-13(11)17/h2-8H,9-10,18H2,1H3. The van der Waals surface area contributed by atoms with Crippen molar-refractivity contribution in [2.24, 2.45) is 0 Å². The molecule has 0 unspecified atom stereocenters. The summed E-state index contributed by atoms with van der Waals surface area (Å²) in [5, 5.41) is 0.651. The van der Waals surface area contributed by atoms with Crippen LogP contribution in [0.5, 0.6) is 0 Å². The van der Waals surface area contributed by atoms with Gasteiger partial charge in [-0.2, -0.15) is 0 Å². The van der Waals surface area contributed by atoms with Crippen LogP contribution in [0.25, 0.3) is 0 Å². The molecule has 0 aromatic heterocycles. The Bertz CT molecular complexity index is 643. The number of esters is 1. The van der Waals surface area contributed by atoms with Crippen molar-refractivity contribution in [2.75, 3.05) is 12.8 Å². The van der Waals surface area contributed by atoms with E-state index in [2.05, 4.69) is 0 Å². The Morgan fingerprint density at radius 2 is 1.76 bits per heavy atom. The summed E-state index contributed by atoms with van der Waals surface area (Å²) >= 11 is 6.06. The van der Waals surface area contributed by atoms with E-state index in [9.17, 15) is 4.79 Å². The van der Waals surface area contributed by atoms with Gasteiger partial charge in [0.15, 0.2) is 0 Å². The van der Waals surface area contributed by atoms with Crippen LogP contribution in [0.15, 0.2) is 42.5 Å². The van der Waals surface area contributed by atoms with Gasteiger partial charge < -0.3 is 15.2 Å². The molecule has 0 aliphatic carbocycles. The molecule has 5 heteroatoms. The summed E-state index contributed by atoms with van der Waals surface area (Å²) in [7, 11) is 1.32. The predicted molar refractivity (Wildman–Crippen MR) is 82.1 cm³/mol. The van der Waals surface area contributed by atoms with E-state index in [0.717, 1.165) is 5.56 Å². The third kappa shape index (κ3) is 3.74. The van der Waals surface area contributed by atoms with Gasteiger partial charge >= 0.3 is 5.97 Å². The minimum Gasteiger partial charge on any atom is -0.465 e. The molecule has 0 fully saturated rings. The van der Waals surface area contributed by atoms with Crippen molar-refractivity contribution in [3.63, 3.8) is 0 Å². The topological polar surface area (TPSA) is 61.5 Å². The van der Waals surface area contributed by atoms with Crippen molar-refractivity contribution in [1.82, 2.24) is 0 Å². The van der Waals surface area contributed by atoms with Crippen LogP contribution < -0.4 is 5.73 Å². The maximum atomic E-state index is 11.8. The third-order valence-corrected chi connectivity index (χ3v) is 3.41. The fraction of sp³-hybridized carbons (Fsp3) is 0.188. The van der Waals surface area contributed by atoms with Crippen LogP contribution in [0.1, 0.15) is 21.5 Å². The molecule has 0 atom stereocenters. The van der Waals surface area contributed by atoms with Crippen molar-refractivity contribution >= 4 is 23.3 Å². The van der Waals surface area contributed by atoms with E-state index < -0.39 is 5.97 Å². The molecule has 0 amide bonds. The van der Waals surface area contributed by atoms with E-state index in [1.165, 1.54) is 7.11 Å². The number of halogens is 1. The number of nitrogen functional groups attached to an aromatic ring is 1. The lowest BCUT2D eigenvalue weighted by atomic mass is 10.1. The van der Waals surface area contributed by atoms with Gasteiger partial charge in [-0.25, -0.2) is 4.79 Å². The Labute approximate surface area is 128 Å². The number of carbonyl (C=O) groups excluding carboxylic acids is 1. The summed E-state index contributed by atoms with van der Waals surface area (Å²) in [5.41, 5.74) is 8.13. The maximum absolute atomic E-state index is 11.8. The van der Waals surface area contributed by atoms with Gasteiger partial charge in [0.05, 0.1) is 25.9 Å². The molecule has 0 radical (unpaired) electrons. The van der Waals surface area contributed by atoms with Crippen molar-refractivity contribution in [1.29, 1.82) is 0 Å². The summed E-state index contributed by atoms with van der Waals surface area (Å²) in [4.78, 5) is 11.8. The van der Waals surface area contributed by atoms with Gasteiger partial charge in [0.2, 0.25) is 0 Å². The van der Waals surface area contributed by atoms with E-state index in [-0.39, 0.29) is 6.61 Å². The van der Waals surface area contributed by atoms with Crippen LogP contribution in [-0.2, 0) is 22.7 Å². The summed E-state index contributed by atoms with van der Waals surface area (Å²) < 4.78 is 10.4. The third-order valence-electron chi connectivity index (χ3n) is 3.05. The molecule has 0 saturated carbocycles. The first-order valence-corrected chi connectivity index (χ1v) is 6.78. The molecule has 2 N–H and O–H groups in total. The molecule has 110 valence electrons. The van der Waals surface area contributed by atoms with Gasteiger partial charge in [0.25, 0.3) is 0 Å². The molecular formula is C16H16ClNO3. The molecule has 2 rings (SSSR count).